The van der Waals surface area contributed by atoms with Crippen molar-refractivity contribution in [3.63, 3.8) is 0 Å². The van der Waals surface area contributed by atoms with Crippen molar-refractivity contribution in [1.82, 2.24) is 19.7 Å². The Morgan fingerprint density at radius 2 is 1.74 bits per heavy atom. The van der Waals surface area contributed by atoms with Gasteiger partial charge in [0.2, 0.25) is 5.91 Å². The van der Waals surface area contributed by atoms with Crippen molar-refractivity contribution in [3.8, 4) is 17.1 Å². The summed E-state index contributed by atoms with van der Waals surface area (Å²) in [6.07, 6.45) is 3.43. The van der Waals surface area contributed by atoms with Crippen molar-refractivity contribution in [2.24, 2.45) is 0 Å². The maximum atomic E-state index is 13.1. The fourth-order valence-corrected chi connectivity index (χ4v) is 4.68. The van der Waals surface area contributed by atoms with Crippen LogP contribution in [0, 0.1) is 6.92 Å². The first kappa shape index (κ1) is 24.0. The number of hydrogen-bond donors (Lipinski definition) is 1. The van der Waals surface area contributed by atoms with Crippen LogP contribution in [0.15, 0.2) is 72.1 Å². The Balaban J connectivity index is 1.68. The van der Waals surface area contributed by atoms with E-state index in [2.05, 4.69) is 34.3 Å². The topological polar surface area (TPSA) is 72.7 Å². The average molecular weight is 492 g/mol. The standard InChI is InChI=1S/C26H26ClN5OS/c1-16(2)20-8-5-6-10-22(20)29-25(33)18(4)34-26-31-30-24(19-12-14-28-15-13-19)32(26)23-11-7-9-21(27)17(23)3/h5-16,18H,1-4H3,(H,29,33). The first-order chi connectivity index (χ1) is 16.4. The number of hydrogen-bond acceptors (Lipinski definition) is 5. The van der Waals surface area contributed by atoms with Crippen molar-refractivity contribution < 1.29 is 4.79 Å². The van der Waals surface area contributed by atoms with E-state index >= 15 is 0 Å². The lowest BCUT2D eigenvalue weighted by atomic mass is 10.0. The third-order valence-electron chi connectivity index (χ3n) is 5.54. The number of pyridine rings is 1. The molecule has 1 atom stereocenters. The third kappa shape index (κ3) is 5.00. The lowest BCUT2D eigenvalue weighted by Gasteiger charge is -2.17. The predicted molar refractivity (Wildman–Crippen MR) is 139 cm³/mol. The van der Waals surface area contributed by atoms with Gasteiger partial charge in [-0.25, -0.2) is 0 Å². The number of para-hydroxylation sites is 1. The number of carbonyl (C=O) groups is 1. The number of aromatic nitrogens is 4. The monoisotopic (exact) mass is 491 g/mol. The van der Waals surface area contributed by atoms with Gasteiger partial charge in [0.05, 0.1) is 10.9 Å². The Bertz CT molecular complexity index is 1310. The van der Waals surface area contributed by atoms with E-state index in [0.717, 1.165) is 28.1 Å². The van der Waals surface area contributed by atoms with Crippen LogP contribution in [0.5, 0.6) is 0 Å². The molecule has 8 heteroatoms. The zero-order valence-electron chi connectivity index (χ0n) is 19.5. The number of amides is 1. The van der Waals surface area contributed by atoms with Crippen LogP contribution < -0.4 is 5.32 Å². The zero-order valence-corrected chi connectivity index (χ0v) is 21.1. The van der Waals surface area contributed by atoms with Gasteiger partial charge in [0.1, 0.15) is 0 Å². The number of thioether (sulfide) groups is 1. The molecular formula is C26H26ClN5OS. The molecule has 0 saturated carbocycles. The molecule has 4 rings (SSSR count). The molecule has 34 heavy (non-hydrogen) atoms. The van der Waals surface area contributed by atoms with Gasteiger partial charge in [0.25, 0.3) is 0 Å². The molecule has 0 aliphatic carbocycles. The SMILES string of the molecule is Cc1c(Cl)cccc1-n1c(SC(C)C(=O)Nc2ccccc2C(C)C)nnc1-c1ccncc1. The summed E-state index contributed by atoms with van der Waals surface area (Å²) in [5.74, 6) is 0.866. The second-order valence-corrected chi connectivity index (χ2v) is 9.97. The molecule has 2 aromatic carbocycles. The highest BCUT2D eigenvalue weighted by atomic mass is 35.5. The first-order valence-electron chi connectivity index (χ1n) is 11.0. The second kappa shape index (κ2) is 10.4. The Hall–Kier alpha value is -3.16. The highest BCUT2D eigenvalue weighted by molar-refractivity contribution is 8.00. The van der Waals surface area contributed by atoms with E-state index in [-0.39, 0.29) is 5.91 Å². The highest BCUT2D eigenvalue weighted by Gasteiger charge is 2.23. The molecule has 174 valence electrons. The quantitative estimate of drug-likeness (QED) is 0.297. The third-order valence-corrected chi connectivity index (χ3v) is 7.00. The molecule has 0 aliphatic heterocycles. The molecule has 2 aromatic heterocycles. The molecule has 4 aromatic rings. The molecule has 1 amide bonds. The molecule has 1 unspecified atom stereocenters. The molecule has 0 bridgehead atoms. The number of anilines is 1. The fourth-order valence-electron chi connectivity index (χ4n) is 3.65. The minimum Gasteiger partial charge on any atom is -0.325 e. The maximum Gasteiger partial charge on any atom is 0.237 e. The van der Waals surface area contributed by atoms with Gasteiger partial charge in [0, 0.05) is 28.7 Å². The van der Waals surface area contributed by atoms with Gasteiger partial charge in [-0.3, -0.25) is 14.3 Å². The number of halogens is 1. The molecule has 6 nitrogen and oxygen atoms in total. The minimum absolute atomic E-state index is 0.0964. The van der Waals surface area contributed by atoms with E-state index < -0.39 is 5.25 Å². The van der Waals surface area contributed by atoms with Gasteiger partial charge >= 0.3 is 0 Å². The number of benzene rings is 2. The van der Waals surface area contributed by atoms with Crippen LogP contribution in [0.3, 0.4) is 0 Å². The van der Waals surface area contributed by atoms with Crippen LogP contribution in [0.4, 0.5) is 5.69 Å². The summed E-state index contributed by atoms with van der Waals surface area (Å²) in [7, 11) is 0. The molecule has 2 heterocycles. The Morgan fingerprint density at radius 3 is 2.47 bits per heavy atom. The van der Waals surface area contributed by atoms with E-state index in [1.54, 1.807) is 12.4 Å². The van der Waals surface area contributed by atoms with Crippen LogP contribution in [0.2, 0.25) is 5.02 Å². The Kier molecular flexibility index (Phi) is 7.34. The van der Waals surface area contributed by atoms with Crippen LogP contribution >= 0.6 is 23.4 Å². The van der Waals surface area contributed by atoms with Gasteiger partial charge in [-0.15, -0.1) is 10.2 Å². The molecule has 0 fully saturated rings. The first-order valence-corrected chi connectivity index (χ1v) is 12.3. The van der Waals surface area contributed by atoms with Crippen LogP contribution in [0.25, 0.3) is 17.1 Å². The van der Waals surface area contributed by atoms with E-state index in [1.807, 2.05) is 73.0 Å². The Labute approximate surface area is 208 Å². The molecule has 0 saturated heterocycles. The molecule has 0 radical (unpaired) electrons. The largest absolute Gasteiger partial charge is 0.325 e. The lowest BCUT2D eigenvalue weighted by molar-refractivity contribution is -0.115. The smallest absolute Gasteiger partial charge is 0.237 e. The second-order valence-electron chi connectivity index (χ2n) is 8.25. The van der Waals surface area contributed by atoms with Crippen molar-refractivity contribution in [1.29, 1.82) is 0 Å². The molecule has 0 aliphatic rings. The lowest BCUT2D eigenvalue weighted by Crippen LogP contribution is -2.23. The molecular weight excluding hydrogens is 466 g/mol. The number of nitrogens with zero attached hydrogens (tertiary/aromatic N) is 4. The summed E-state index contributed by atoms with van der Waals surface area (Å²) in [4.78, 5) is 17.2. The van der Waals surface area contributed by atoms with Crippen LogP contribution in [-0.4, -0.2) is 30.9 Å². The number of rotatable bonds is 7. The summed E-state index contributed by atoms with van der Waals surface area (Å²) < 4.78 is 1.95. The average Bonchev–Trinajstić information content (AvgIpc) is 3.24. The molecule has 1 N–H and O–H groups in total. The summed E-state index contributed by atoms with van der Waals surface area (Å²) in [5, 5.41) is 12.8. The van der Waals surface area contributed by atoms with Crippen LogP contribution in [-0.2, 0) is 4.79 Å². The van der Waals surface area contributed by atoms with Crippen molar-refractivity contribution in [2.75, 3.05) is 5.32 Å². The summed E-state index contributed by atoms with van der Waals surface area (Å²) in [6, 6.07) is 17.4. The summed E-state index contributed by atoms with van der Waals surface area (Å²) in [5.41, 5.74) is 4.58. The summed E-state index contributed by atoms with van der Waals surface area (Å²) in [6.45, 7) is 8.05. The van der Waals surface area contributed by atoms with Gasteiger partial charge in [-0.1, -0.05) is 61.5 Å². The number of carbonyl (C=O) groups excluding carboxylic acids is 1. The minimum atomic E-state index is -0.409. The fraction of sp³-hybridized carbons (Fsp3) is 0.231. The van der Waals surface area contributed by atoms with Crippen molar-refractivity contribution in [3.05, 3.63) is 83.1 Å². The van der Waals surface area contributed by atoms with E-state index in [0.29, 0.717) is 21.9 Å². The van der Waals surface area contributed by atoms with Crippen molar-refractivity contribution >= 4 is 35.0 Å². The normalized spacial score (nSPS) is 12.1. The van der Waals surface area contributed by atoms with Gasteiger partial charge in [-0.05, 0) is 61.2 Å². The van der Waals surface area contributed by atoms with E-state index in [9.17, 15) is 4.79 Å². The van der Waals surface area contributed by atoms with E-state index in [1.165, 1.54) is 11.8 Å². The molecule has 0 spiro atoms. The maximum absolute atomic E-state index is 13.1. The van der Waals surface area contributed by atoms with E-state index in [4.69, 9.17) is 11.6 Å². The Morgan fingerprint density at radius 1 is 1.00 bits per heavy atom. The van der Waals surface area contributed by atoms with Gasteiger partial charge in [-0.2, -0.15) is 0 Å². The van der Waals surface area contributed by atoms with Crippen molar-refractivity contribution in [2.45, 2.75) is 44.0 Å². The van der Waals surface area contributed by atoms with Crippen LogP contribution in [0.1, 0.15) is 37.8 Å². The summed E-state index contributed by atoms with van der Waals surface area (Å²) >= 11 is 7.79. The zero-order chi connectivity index (χ0) is 24.2. The highest BCUT2D eigenvalue weighted by Crippen LogP contribution is 2.33. The van der Waals surface area contributed by atoms with Gasteiger partial charge in [0.15, 0.2) is 11.0 Å². The van der Waals surface area contributed by atoms with Gasteiger partial charge < -0.3 is 5.32 Å². The predicted octanol–water partition coefficient (Wildman–Crippen LogP) is 6.53. The number of nitrogens with one attached hydrogen (secondary N) is 1.